The van der Waals surface area contributed by atoms with Crippen LogP contribution in [0, 0.1) is 5.92 Å². The van der Waals surface area contributed by atoms with E-state index in [4.69, 9.17) is 4.74 Å². The van der Waals surface area contributed by atoms with Crippen molar-refractivity contribution in [3.05, 3.63) is 125 Å². The average Bonchev–Trinajstić information content (AvgIpc) is 3.57. The maximum atomic E-state index is 15.0. The fourth-order valence-corrected chi connectivity index (χ4v) is 12.0. The van der Waals surface area contributed by atoms with Gasteiger partial charge < -0.3 is 24.4 Å². The fourth-order valence-electron chi connectivity index (χ4n) is 9.41. The molecular formula is C42H45N3O6Si. The molecule has 5 atom stereocenters. The average molecular weight is 716 g/mol. The summed E-state index contributed by atoms with van der Waals surface area (Å²) in [4.78, 5) is 59.4. The number of carbonyl (C=O) groups is 3. The van der Waals surface area contributed by atoms with Gasteiger partial charge in [0.1, 0.15) is 0 Å². The van der Waals surface area contributed by atoms with E-state index in [2.05, 4.69) is 6.07 Å². The number of aryl methyl sites for hydroxylation is 1. The van der Waals surface area contributed by atoms with Crippen LogP contribution in [-0.2, 0) is 50.7 Å². The van der Waals surface area contributed by atoms with Gasteiger partial charge in [-0.25, -0.2) is 0 Å². The Bertz CT molecular complexity index is 2060. The Kier molecular flexibility index (Phi) is 8.69. The zero-order valence-electron chi connectivity index (χ0n) is 29.9. The van der Waals surface area contributed by atoms with E-state index in [1.165, 1.54) is 0 Å². The van der Waals surface area contributed by atoms with Gasteiger partial charge in [0.05, 0.1) is 43.1 Å². The van der Waals surface area contributed by atoms with Crippen molar-refractivity contribution in [1.29, 1.82) is 0 Å². The minimum atomic E-state index is -3.01. The SMILES string of the molecule is C[C@H]1[C@H]([Si](C)(C)O)[C@@H](CC(=O)N2Cc3ccccc3C[C@H]2CO)O[C@]12C(=O)N(Cc1cccc(N3C(=O)CCc4ccccc43)c1)c1ccccc12. The number of para-hydroxylation sites is 2. The number of anilines is 3. The molecule has 0 aliphatic carbocycles. The van der Waals surface area contributed by atoms with Gasteiger partial charge in [-0.2, -0.15) is 0 Å². The van der Waals surface area contributed by atoms with E-state index in [0.29, 0.717) is 25.8 Å². The highest BCUT2D eigenvalue weighted by atomic mass is 28.4. The summed E-state index contributed by atoms with van der Waals surface area (Å²) in [5, 5.41) is 10.3. The monoisotopic (exact) mass is 715 g/mol. The predicted octanol–water partition coefficient (Wildman–Crippen LogP) is 5.98. The van der Waals surface area contributed by atoms with E-state index >= 15 is 0 Å². The number of benzene rings is 4. The Morgan fingerprint density at radius 1 is 0.885 bits per heavy atom. The Labute approximate surface area is 305 Å². The normalized spacial score (nSPS) is 25.4. The third kappa shape index (κ3) is 5.60. The Morgan fingerprint density at radius 3 is 2.33 bits per heavy atom. The summed E-state index contributed by atoms with van der Waals surface area (Å²) in [6.07, 6.45) is 0.998. The van der Waals surface area contributed by atoms with E-state index in [0.717, 1.165) is 44.9 Å². The molecule has 0 saturated carbocycles. The number of carbonyl (C=O) groups excluding carboxylic acids is 3. The van der Waals surface area contributed by atoms with Gasteiger partial charge >= 0.3 is 0 Å². The van der Waals surface area contributed by atoms with Gasteiger partial charge in [0, 0.05) is 35.7 Å². The van der Waals surface area contributed by atoms with Gasteiger partial charge in [-0.1, -0.05) is 79.7 Å². The van der Waals surface area contributed by atoms with Gasteiger partial charge in [0.15, 0.2) is 13.9 Å². The third-order valence-corrected chi connectivity index (χ3v) is 14.3. The number of amides is 3. The van der Waals surface area contributed by atoms with E-state index < -0.39 is 31.5 Å². The van der Waals surface area contributed by atoms with Crippen molar-refractivity contribution in [2.24, 2.45) is 5.92 Å². The van der Waals surface area contributed by atoms with E-state index in [1.807, 2.05) is 111 Å². The molecule has 4 aliphatic rings. The molecule has 268 valence electrons. The van der Waals surface area contributed by atoms with Crippen molar-refractivity contribution >= 4 is 43.1 Å². The van der Waals surface area contributed by atoms with Crippen molar-refractivity contribution in [3.8, 4) is 0 Å². The molecule has 0 radical (unpaired) electrons. The molecule has 1 saturated heterocycles. The van der Waals surface area contributed by atoms with E-state index in [-0.39, 0.29) is 43.3 Å². The lowest BCUT2D eigenvalue weighted by molar-refractivity contribution is -0.151. The van der Waals surface area contributed by atoms with Crippen LogP contribution in [0.5, 0.6) is 0 Å². The molecule has 1 fully saturated rings. The first-order valence-corrected chi connectivity index (χ1v) is 21.3. The molecule has 4 aliphatic heterocycles. The Morgan fingerprint density at radius 2 is 1.58 bits per heavy atom. The lowest BCUT2D eigenvalue weighted by Crippen LogP contribution is -2.48. The molecule has 10 heteroatoms. The predicted molar refractivity (Wildman–Crippen MR) is 201 cm³/mol. The number of hydrogen-bond donors (Lipinski definition) is 2. The second-order valence-corrected chi connectivity index (χ2v) is 19.3. The molecule has 3 amide bonds. The first kappa shape index (κ1) is 34.5. The van der Waals surface area contributed by atoms with Crippen LogP contribution in [0.3, 0.4) is 0 Å². The molecule has 52 heavy (non-hydrogen) atoms. The van der Waals surface area contributed by atoms with Crippen molar-refractivity contribution in [1.82, 2.24) is 4.90 Å². The summed E-state index contributed by atoms with van der Waals surface area (Å²) in [7, 11) is -3.01. The van der Waals surface area contributed by atoms with Gasteiger partial charge in [-0.15, -0.1) is 0 Å². The zero-order chi connectivity index (χ0) is 36.4. The summed E-state index contributed by atoms with van der Waals surface area (Å²) in [5.74, 6) is -0.760. The molecule has 0 aromatic heterocycles. The molecular weight excluding hydrogens is 671 g/mol. The number of nitrogens with zero attached hydrogens (tertiary/aromatic N) is 3. The summed E-state index contributed by atoms with van der Waals surface area (Å²) < 4.78 is 6.96. The third-order valence-electron chi connectivity index (χ3n) is 11.8. The van der Waals surface area contributed by atoms with Crippen LogP contribution in [0.25, 0.3) is 0 Å². The standard InChI is InChI=1S/C42H45N3O6Si/c1-27-40(52(2,3)50)37(23-39(48)43-25-31-14-5-4-13-30(31)22-33(43)26-46)51-42(27)34-16-7-9-18-36(34)44(41(42)49)24-28-11-10-15-32(21-28)45-35-17-8-6-12-29(35)19-20-38(45)47/h4-18,21,27,33,37,40,46,50H,19-20,22-26H2,1-3H3/t27-,33-,37+,40-,42+/m0/s1. The van der Waals surface area contributed by atoms with Crippen molar-refractivity contribution in [2.75, 3.05) is 16.4 Å². The summed E-state index contributed by atoms with van der Waals surface area (Å²) >= 11 is 0. The molecule has 8 rings (SSSR count). The first-order valence-electron chi connectivity index (χ1n) is 18.3. The number of aliphatic hydroxyl groups is 1. The summed E-state index contributed by atoms with van der Waals surface area (Å²) in [6, 6.07) is 31.0. The highest BCUT2D eigenvalue weighted by Crippen LogP contribution is 2.60. The van der Waals surface area contributed by atoms with Gasteiger partial charge in [0.2, 0.25) is 11.8 Å². The molecule has 0 unspecified atom stereocenters. The molecule has 4 aromatic carbocycles. The molecule has 9 nitrogen and oxygen atoms in total. The fraction of sp³-hybridized carbons (Fsp3) is 0.357. The Balaban J connectivity index is 1.10. The zero-order valence-corrected chi connectivity index (χ0v) is 30.9. The lowest BCUT2D eigenvalue weighted by atomic mass is 9.82. The molecule has 1 spiro atoms. The van der Waals surface area contributed by atoms with Crippen molar-refractivity contribution in [3.63, 3.8) is 0 Å². The number of ether oxygens (including phenoxy) is 1. The topological polar surface area (TPSA) is 111 Å². The Hall–Kier alpha value is -4.61. The second kappa shape index (κ2) is 13.1. The van der Waals surface area contributed by atoms with Gasteiger partial charge in [-0.05, 0) is 72.5 Å². The van der Waals surface area contributed by atoms with Crippen LogP contribution in [0.15, 0.2) is 97.1 Å². The van der Waals surface area contributed by atoms with Crippen molar-refractivity contribution < 1.29 is 29.0 Å². The molecule has 0 bridgehead atoms. The second-order valence-electron chi connectivity index (χ2n) is 15.3. The number of fused-ring (bicyclic) bond motifs is 4. The van der Waals surface area contributed by atoms with Crippen LogP contribution in [0.4, 0.5) is 17.1 Å². The molecule has 4 heterocycles. The lowest BCUT2D eigenvalue weighted by Gasteiger charge is -2.37. The maximum Gasteiger partial charge on any atom is 0.264 e. The van der Waals surface area contributed by atoms with Gasteiger partial charge in [0.25, 0.3) is 5.91 Å². The smallest absolute Gasteiger partial charge is 0.264 e. The first-order chi connectivity index (χ1) is 25.0. The van der Waals surface area contributed by atoms with Crippen LogP contribution in [0.2, 0.25) is 18.6 Å². The highest BCUT2D eigenvalue weighted by molar-refractivity contribution is 6.71. The maximum absolute atomic E-state index is 15.0. The number of hydrogen-bond acceptors (Lipinski definition) is 6. The van der Waals surface area contributed by atoms with Crippen molar-refractivity contribution in [2.45, 2.75) is 82.1 Å². The minimum absolute atomic E-state index is 0.00472. The van der Waals surface area contributed by atoms with E-state index in [9.17, 15) is 24.3 Å². The summed E-state index contributed by atoms with van der Waals surface area (Å²) in [6.45, 7) is 6.18. The quantitative estimate of drug-likeness (QED) is 0.228. The molecule has 4 aromatic rings. The van der Waals surface area contributed by atoms with Crippen LogP contribution in [-0.4, -0.2) is 59.6 Å². The van der Waals surface area contributed by atoms with Crippen LogP contribution in [0.1, 0.15) is 47.6 Å². The highest BCUT2D eigenvalue weighted by Gasteiger charge is 2.66. The van der Waals surface area contributed by atoms with Crippen LogP contribution >= 0.6 is 0 Å². The number of aliphatic hydroxyl groups excluding tert-OH is 1. The largest absolute Gasteiger partial charge is 0.432 e. The minimum Gasteiger partial charge on any atom is -0.432 e. The van der Waals surface area contributed by atoms with Crippen LogP contribution < -0.4 is 9.80 Å². The molecule has 2 N–H and O–H groups in total. The van der Waals surface area contributed by atoms with Gasteiger partial charge in [-0.3, -0.25) is 19.3 Å². The number of rotatable bonds is 7. The van der Waals surface area contributed by atoms with E-state index in [1.54, 1.807) is 14.7 Å². The summed E-state index contributed by atoms with van der Waals surface area (Å²) in [5.41, 5.74) is 5.48.